The highest BCUT2D eigenvalue weighted by Crippen LogP contribution is 2.34. The van der Waals surface area contributed by atoms with Gasteiger partial charge in [0.15, 0.2) is 5.65 Å². The van der Waals surface area contributed by atoms with E-state index in [9.17, 15) is 5.11 Å². The Morgan fingerprint density at radius 1 is 1.04 bits per heavy atom. The van der Waals surface area contributed by atoms with Crippen LogP contribution in [0.4, 0.5) is 0 Å². The maximum Gasteiger partial charge on any atom is 0.318 e. The fourth-order valence-corrected chi connectivity index (χ4v) is 3.74. The molecule has 0 amide bonds. The summed E-state index contributed by atoms with van der Waals surface area (Å²) in [6, 6.07) is 14.6. The van der Waals surface area contributed by atoms with E-state index in [1.807, 2.05) is 0 Å². The topological polar surface area (TPSA) is 63.3 Å². The molecule has 0 spiro atoms. The third-order valence-electron chi connectivity index (χ3n) is 3.99. The maximum atomic E-state index is 9.76. The molecule has 0 aliphatic heterocycles. The van der Waals surface area contributed by atoms with E-state index in [0.29, 0.717) is 5.65 Å². The summed E-state index contributed by atoms with van der Waals surface area (Å²) >= 11 is 1.75. The second-order valence-electron chi connectivity index (χ2n) is 5.87. The Morgan fingerprint density at radius 3 is 2.72 bits per heavy atom. The van der Waals surface area contributed by atoms with Crippen molar-refractivity contribution in [1.29, 1.82) is 0 Å². The normalized spacial score (nSPS) is 11.1. The lowest BCUT2D eigenvalue weighted by atomic mass is 10.1. The molecule has 6 heteroatoms. The predicted octanol–water partition coefficient (Wildman–Crippen LogP) is 4.26. The Hall–Kier alpha value is -2.86. The zero-order chi connectivity index (χ0) is 17.4. The van der Waals surface area contributed by atoms with Crippen LogP contribution in [0, 0.1) is 13.8 Å². The number of aromatic hydroxyl groups is 1. The van der Waals surface area contributed by atoms with Gasteiger partial charge in [-0.1, -0.05) is 41.6 Å². The summed E-state index contributed by atoms with van der Waals surface area (Å²) in [4.78, 5) is 10.4. The maximum absolute atomic E-state index is 9.76. The Labute approximate surface area is 149 Å². The fourth-order valence-electron chi connectivity index (χ4n) is 2.74. The molecule has 0 aliphatic carbocycles. The van der Waals surface area contributed by atoms with E-state index in [1.165, 1.54) is 31.8 Å². The van der Waals surface area contributed by atoms with Crippen molar-refractivity contribution in [1.82, 2.24) is 19.6 Å². The highest BCUT2D eigenvalue weighted by molar-refractivity contribution is 7.99. The number of nitrogens with zero attached hydrogens (tertiary/aromatic N) is 4. The molecular weight excluding hydrogens is 332 g/mol. The van der Waals surface area contributed by atoms with E-state index in [4.69, 9.17) is 0 Å². The van der Waals surface area contributed by atoms with Crippen LogP contribution in [-0.4, -0.2) is 24.7 Å². The summed E-state index contributed by atoms with van der Waals surface area (Å²) in [6.45, 7) is 4.20. The van der Waals surface area contributed by atoms with Gasteiger partial charge in [-0.2, -0.15) is 14.6 Å². The molecule has 4 aromatic rings. The largest absolute Gasteiger partial charge is 0.479 e. The Bertz CT molecular complexity index is 1070. The van der Waals surface area contributed by atoms with Crippen LogP contribution in [0.1, 0.15) is 11.1 Å². The quantitative estimate of drug-likeness (QED) is 0.599. The van der Waals surface area contributed by atoms with Crippen molar-refractivity contribution in [3.8, 4) is 17.1 Å². The SMILES string of the molecule is Cc1cccc(Sc2ccc(-c3cnn4c(O)ncnc34)cc2C)c1. The van der Waals surface area contributed by atoms with Crippen LogP contribution >= 0.6 is 11.8 Å². The lowest BCUT2D eigenvalue weighted by Crippen LogP contribution is -1.93. The Kier molecular flexibility index (Phi) is 3.89. The minimum absolute atomic E-state index is 0.167. The molecule has 0 radical (unpaired) electrons. The van der Waals surface area contributed by atoms with Crippen molar-refractivity contribution in [2.45, 2.75) is 23.6 Å². The molecule has 25 heavy (non-hydrogen) atoms. The van der Waals surface area contributed by atoms with Gasteiger partial charge in [-0.25, -0.2) is 4.98 Å². The lowest BCUT2D eigenvalue weighted by molar-refractivity contribution is 0.411. The standard InChI is InChI=1S/C19H16N4OS/c1-12-4-3-5-15(8-12)25-17-7-6-14(9-13(17)2)16-10-22-23-18(16)20-11-21-19(23)24/h3-11H,1-2H3,(H,20,21,24). The molecule has 1 N–H and O–H groups in total. The minimum Gasteiger partial charge on any atom is -0.479 e. The molecule has 2 aromatic heterocycles. The van der Waals surface area contributed by atoms with Gasteiger partial charge in [0.2, 0.25) is 0 Å². The molecule has 2 aromatic carbocycles. The number of rotatable bonds is 3. The van der Waals surface area contributed by atoms with Gasteiger partial charge in [0.1, 0.15) is 6.33 Å². The summed E-state index contributed by atoms with van der Waals surface area (Å²) in [5, 5.41) is 13.9. The number of aryl methyl sites for hydroxylation is 2. The molecule has 0 aliphatic rings. The molecule has 0 unspecified atom stereocenters. The second-order valence-corrected chi connectivity index (χ2v) is 6.98. The van der Waals surface area contributed by atoms with Gasteiger partial charge >= 0.3 is 6.01 Å². The van der Waals surface area contributed by atoms with Crippen LogP contribution in [0.25, 0.3) is 16.8 Å². The van der Waals surface area contributed by atoms with Crippen molar-refractivity contribution in [2.24, 2.45) is 0 Å². The van der Waals surface area contributed by atoms with Crippen LogP contribution in [-0.2, 0) is 0 Å². The first-order valence-electron chi connectivity index (χ1n) is 7.85. The summed E-state index contributed by atoms with van der Waals surface area (Å²) < 4.78 is 1.33. The summed E-state index contributed by atoms with van der Waals surface area (Å²) in [7, 11) is 0. The first kappa shape index (κ1) is 15.7. The van der Waals surface area contributed by atoms with Gasteiger partial charge in [0.25, 0.3) is 0 Å². The summed E-state index contributed by atoms with van der Waals surface area (Å²) in [5.41, 5.74) is 4.91. The number of fused-ring (bicyclic) bond motifs is 1. The first-order chi connectivity index (χ1) is 12.1. The van der Waals surface area contributed by atoms with Crippen molar-refractivity contribution < 1.29 is 5.11 Å². The highest BCUT2D eigenvalue weighted by Gasteiger charge is 2.12. The molecule has 5 nitrogen and oxygen atoms in total. The fraction of sp³-hybridized carbons (Fsp3) is 0.105. The molecule has 124 valence electrons. The summed E-state index contributed by atoms with van der Waals surface area (Å²) in [5.74, 6) is 0. The molecule has 0 fully saturated rings. The Balaban J connectivity index is 1.71. The Morgan fingerprint density at radius 2 is 1.92 bits per heavy atom. The van der Waals surface area contributed by atoms with Gasteiger partial charge in [-0.05, 0) is 43.2 Å². The third-order valence-corrected chi connectivity index (χ3v) is 5.16. The molecule has 2 heterocycles. The van der Waals surface area contributed by atoms with Gasteiger partial charge in [0, 0.05) is 15.4 Å². The number of aromatic nitrogens is 4. The lowest BCUT2D eigenvalue weighted by Gasteiger charge is -2.08. The molecule has 0 bridgehead atoms. The number of benzene rings is 2. The van der Waals surface area contributed by atoms with Gasteiger partial charge in [-0.15, -0.1) is 0 Å². The molecule has 0 atom stereocenters. The predicted molar refractivity (Wildman–Crippen MR) is 97.9 cm³/mol. The van der Waals surface area contributed by atoms with Gasteiger partial charge < -0.3 is 5.11 Å². The van der Waals surface area contributed by atoms with Crippen molar-refractivity contribution in [3.63, 3.8) is 0 Å². The highest BCUT2D eigenvalue weighted by atomic mass is 32.2. The zero-order valence-electron chi connectivity index (χ0n) is 13.8. The first-order valence-corrected chi connectivity index (χ1v) is 8.67. The van der Waals surface area contributed by atoms with Crippen molar-refractivity contribution in [3.05, 3.63) is 66.1 Å². The van der Waals surface area contributed by atoms with Crippen molar-refractivity contribution in [2.75, 3.05) is 0 Å². The third kappa shape index (κ3) is 2.96. The number of hydrogen-bond donors (Lipinski definition) is 1. The van der Waals surface area contributed by atoms with Crippen LogP contribution < -0.4 is 0 Å². The van der Waals surface area contributed by atoms with Gasteiger partial charge in [-0.3, -0.25) is 0 Å². The van der Waals surface area contributed by atoms with E-state index >= 15 is 0 Å². The minimum atomic E-state index is -0.167. The zero-order valence-corrected chi connectivity index (χ0v) is 14.7. The smallest absolute Gasteiger partial charge is 0.318 e. The molecular formula is C19H16N4OS. The molecule has 0 saturated heterocycles. The average molecular weight is 348 g/mol. The van der Waals surface area contributed by atoms with Crippen molar-refractivity contribution >= 4 is 17.4 Å². The van der Waals surface area contributed by atoms with Crippen LogP contribution in [0.3, 0.4) is 0 Å². The second kappa shape index (κ2) is 6.22. The van der Waals surface area contributed by atoms with Crippen LogP contribution in [0.5, 0.6) is 6.01 Å². The number of hydrogen-bond acceptors (Lipinski definition) is 5. The van der Waals surface area contributed by atoms with Crippen LogP contribution in [0.15, 0.2) is 64.8 Å². The van der Waals surface area contributed by atoms with E-state index in [2.05, 4.69) is 71.4 Å². The van der Waals surface area contributed by atoms with E-state index in [1.54, 1.807) is 18.0 Å². The summed E-state index contributed by atoms with van der Waals surface area (Å²) in [6.07, 6.45) is 3.04. The molecule has 4 rings (SSSR count). The molecule has 0 saturated carbocycles. The monoisotopic (exact) mass is 348 g/mol. The van der Waals surface area contributed by atoms with E-state index < -0.39 is 0 Å². The van der Waals surface area contributed by atoms with Crippen LogP contribution in [0.2, 0.25) is 0 Å². The van der Waals surface area contributed by atoms with E-state index in [0.717, 1.165) is 11.1 Å². The van der Waals surface area contributed by atoms with Gasteiger partial charge in [0.05, 0.1) is 6.20 Å². The average Bonchev–Trinajstić information content (AvgIpc) is 3.02. The van der Waals surface area contributed by atoms with E-state index in [-0.39, 0.29) is 6.01 Å².